The highest BCUT2D eigenvalue weighted by atomic mass is 15.1. The van der Waals surface area contributed by atoms with Crippen molar-refractivity contribution in [1.29, 1.82) is 0 Å². The summed E-state index contributed by atoms with van der Waals surface area (Å²) in [5.41, 5.74) is 3.76. The third-order valence-electron chi connectivity index (χ3n) is 2.74. The molecule has 0 spiro atoms. The number of hydrogen-bond donors (Lipinski definition) is 0. The smallest absolute Gasteiger partial charge is 0.0855 e. The minimum absolute atomic E-state index is 0.273. The second-order valence-electron chi connectivity index (χ2n) is 5.75. The largest absolute Gasteiger partial charge is 0.372 e. The lowest BCUT2D eigenvalue weighted by atomic mass is 9.96. The van der Waals surface area contributed by atoms with Crippen molar-refractivity contribution < 1.29 is 0 Å². The Labute approximate surface area is 105 Å². The monoisotopic (exact) mass is 232 g/mol. The zero-order chi connectivity index (χ0) is 13.1. The van der Waals surface area contributed by atoms with Crippen molar-refractivity contribution in [2.24, 2.45) is 10.4 Å². The van der Waals surface area contributed by atoms with Crippen molar-refractivity contribution >= 4 is 18.1 Å². The van der Waals surface area contributed by atoms with Gasteiger partial charge in [-0.3, -0.25) is 4.99 Å². The Morgan fingerprint density at radius 3 is 2.41 bits per heavy atom. The van der Waals surface area contributed by atoms with Crippen molar-refractivity contribution in [3.63, 3.8) is 0 Å². The number of benzene rings is 1. The van der Waals surface area contributed by atoms with E-state index in [1.165, 1.54) is 11.3 Å². The summed E-state index contributed by atoms with van der Waals surface area (Å²) < 4.78 is 0. The lowest BCUT2D eigenvalue weighted by Gasteiger charge is -2.29. The lowest BCUT2D eigenvalue weighted by molar-refractivity contribution is 0.419. The van der Waals surface area contributed by atoms with E-state index in [1.54, 1.807) is 0 Å². The maximum absolute atomic E-state index is 4.11. The molecular weight excluding hydrogens is 208 g/mol. The summed E-state index contributed by atoms with van der Waals surface area (Å²) >= 11 is 0. The maximum atomic E-state index is 4.11. The Balaban J connectivity index is 3.05. The molecule has 0 amide bonds. The highest BCUT2D eigenvalue weighted by Crippen LogP contribution is 2.31. The van der Waals surface area contributed by atoms with Gasteiger partial charge in [0.2, 0.25) is 0 Å². The molecule has 1 aromatic carbocycles. The van der Waals surface area contributed by atoms with Gasteiger partial charge in [0, 0.05) is 13.6 Å². The highest BCUT2D eigenvalue weighted by molar-refractivity contribution is 5.69. The van der Waals surface area contributed by atoms with Gasteiger partial charge in [0.15, 0.2) is 0 Å². The molecule has 0 saturated carbocycles. The van der Waals surface area contributed by atoms with Gasteiger partial charge in [0.1, 0.15) is 0 Å². The molecule has 2 nitrogen and oxygen atoms in total. The summed E-state index contributed by atoms with van der Waals surface area (Å²) in [5, 5.41) is 0. The molecule has 0 atom stereocenters. The number of hydrogen-bond acceptors (Lipinski definition) is 2. The fourth-order valence-electron chi connectivity index (χ4n) is 2.03. The molecule has 0 radical (unpaired) electrons. The van der Waals surface area contributed by atoms with E-state index in [1.807, 2.05) is 0 Å². The van der Waals surface area contributed by atoms with Crippen LogP contribution in [0.4, 0.5) is 11.4 Å². The van der Waals surface area contributed by atoms with Gasteiger partial charge in [-0.2, -0.15) is 0 Å². The first-order valence-electron chi connectivity index (χ1n) is 6.18. The van der Waals surface area contributed by atoms with E-state index >= 15 is 0 Å². The number of rotatable bonds is 4. The van der Waals surface area contributed by atoms with Crippen molar-refractivity contribution in [3.05, 3.63) is 23.8 Å². The van der Waals surface area contributed by atoms with Gasteiger partial charge < -0.3 is 4.90 Å². The molecule has 94 valence electrons. The minimum atomic E-state index is 0.273. The van der Waals surface area contributed by atoms with Gasteiger partial charge in [0.05, 0.1) is 11.4 Å². The molecule has 0 aliphatic rings. The van der Waals surface area contributed by atoms with Crippen LogP contribution >= 0.6 is 0 Å². The van der Waals surface area contributed by atoms with E-state index in [0.717, 1.165) is 18.7 Å². The second kappa shape index (κ2) is 5.35. The number of aliphatic imine (C=N–C) groups is 1. The van der Waals surface area contributed by atoms with Crippen LogP contribution < -0.4 is 4.90 Å². The highest BCUT2D eigenvalue weighted by Gasteiger charge is 2.16. The molecule has 0 bridgehead atoms. The summed E-state index contributed by atoms with van der Waals surface area (Å²) in [7, 11) is 2.12. The fraction of sp³-hybridized carbons (Fsp3) is 0.533. The quantitative estimate of drug-likeness (QED) is 0.715. The van der Waals surface area contributed by atoms with Crippen LogP contribution in [0, 0.1) is 5.41 Å². The Bertz CT molecular complexity index is 388. The van der Waals surface area contributed by atoms with Crippen molar-refractivity contribution in [2.45, 2.75) is 34.1 Å². The summed E-state index contributed by atoms with van der Waals surface area (Å²) in [4.78, 5) is 6.37. The Hall–Kier alpha value is -1.31. The predicted molar refractivity (Wildman–Crippen MR) is 77.8 cm³/mol. The molecule has 1 rings (SSSR count). The van der Waals surface area contributed by atoms with Crippen molar-refractivity contribution in [1.82, 2.24) is 0 Å². The molecule has 0 aliphatic heterocycles. The van der Waals surface area contributed by atoms with E-state index in [-0.39, 0.29) is 5.41 Å². The first-order valence-corrected chi connectivity index (χ1v) is 6.18. The standard InChI is InChI=1S/C15H24N2/c1-7-12-8-9-13(16-5)14(10-12)17(6)11-15(2,3)4/h8-10H,5,7,11H2,1-4,6H3. The molecule has 0 aliphatic carbocycles. The Kier molecular flexibility index (Phi) is 4.33. The normalized spacial score (nSPS) is 11.4. The van der Waals surface area contributed by atoms with Crippen LogP contribution in [-0.2, 0) is 6.42 Å². The van der Waals surface area contributed by atoms with E-state index in [4.69, 9.17) is 0 Å². The van der Waals surface area contributed by atoms with E-state index in [0.29, 0.717) is 0 Å². The summed E-state index contributed by atoms with van der Waals surface area (Å²) in [5.74, 6) is 0. The fourth-order valence-corrected chi connectivity index (χ4v) is 2.03. The van der Waals surface area contributed by atoms with E-state index in [9.17, 15) is 0 Å². The molecule has 0 aromatic heterocycles. The van der Waals surface area contributed by atoms with Gasteiger partial charge >= 0.3 is 0 Å². The van der Waals surface area contributed by atoms with Gasteiger partial charge in [-0.25, -0.2) is 0 Å². The van der Waals surface area contributed by atoms with Gasteiger partial charge in [-0.05, 0) is 36.2 Å². The van der Waals surface area contributed by atoms with Crippen molar-refractivity contribution in [3.8, 4) is 0 Å². The minimum Gasteiger partial charge on any atom is -0.372 e. The van der Waals surface area contributed by atoms with Crippen LogP contribution in [0.1, 0.15) is 33.3 Å². The first kappa shape index (κ1) is 13.8. The number of anilines is 1. The van der Waals surface area contributed by atoms with Gasteiger partial charge in [0.25, 0.3) is 0 Å². The van der Waals surface area contributed by atoms with Crippen LogP contribution in [0.25, 0.3) is 0 Å². The summed E-state index contributed by atoms with van der Waals surface area (Å²) in [6.45, 7) is 13.6. The first-order chi connectivity index (χ1) is 7.87. The zero-order valence-corrected chi connectivity index (χ0v) is 11.7. The average molecular weight is 232 g/mol. The maximum Gasteiger partial charge on any atom is 0.0855 e. The molecule has 17 heavy (non-hydrogen) atoms. The molecule has 2 heteroatoms. The van der Waals surface area contributed by atoms with Gasteiger partial charge in [-0.1, -0.05) is 33.8 Å². The summed E-state index contributed by atoms with van der Waals surface area (Å²) in [6.07, 6.45) is 1.05. The lowest BCUT2D eigenvalue weighted by Crippen LogP contribution is -2.29. The van der Waals surface area contributed by atoms with Gasteiger partial charge in [-0.15, -0.1) is 0 Å². The molecule has 0 saturated heterocycles. The van der Waals surface area contributed by atoms with E-state index in [2.05, 4.69) is 69.6 Å². The molecule has 0 heterocycles. The number of aryl methyl sites for hydroxylation is 1. The van der Waals surface area contributed by atoms with Crippen LogP contribution in [-0.4, -0.2) is 20.3 Å². The molecule has 0 unspecified atom stereocenters. The van der Waals surface area contributed by atoms with E-state index < -0.39 is 0 Å². The molecule has 0 N–H and O–H groups in total. The van der Waals surface area contributed by atoms with Crippen LogP contribution in [0.2, 0.25) is 0 Å². The SMILES string of the molecule is C=Nc1ccc(CC)cc1N(C)CC(C)(C)C. The predicted octanol–water partition coefficient (Wildman–Crippen LogP) is 4.06. The molecular formula is C15H24N2. The van der Waals surface area contributed by atoms with Crippen LogP contribution in [0.15, 0.2) is 23.2 Å². The average Bonchev–Trinajstić information content (AvgIpc) is 2.25. The molecule has 1 aromatic rings. The second-order valence-corrected chi connectivity index (χ2v) is 5.75. The third-order valence-corrected chi connectivity index (χ3v) is 2.74. The van der Waals surface area contributed by atoms with Crippen molar-refractivity contribution in [2.75, 3.05) is 18.5 Å². The molecule has 0 fully saturated rings. The third kappa shape index (κ3) is 3.88. The zero-order valence-electron chi connectivity index (χ0n) is 11.7. The van der Waals surface area contributed by atoms with Crippen LogP contribution in [0.5, 0.6) is 0 Å². The summed E-state index contributed by atoms with van der Waals surface area (Å²) in [6, 6.07) is 6.40. The van der Waals surface area contributed by atoms with Crippen LogP contribution in [0.3, 0.4) is 0 Å². The topological polar surface area (TPSA) is 15.6 Å². The Morgan fingerprint density at radius 1 is 1.29 bits per heavy atom. The Morgan fingerprint density at radius 2 is 1.94 bits per heavy atom. The number of nitrogens with zero attached hydrogens (tertiary/aromatic N) is 2.